The highest BCUT2D eigenvalue weighted by atomic mass is 19.4. The van der Waals surface area contributed by atoms with Gasteiger partial charge in [-0.05, 0) is 44.6 Å². The second-order valence-corrected chi connectivity index (χ2v) is 6.64. The van der Waals surface area contributed by atoms with Gasteiger partial charge in [-0.3, -0.25) is 9.53 Å². The lowest BCUT2D eigenvalue weighted by atomic mass is 9.89. The van der Waals surface area contributed by atoms with Crippen molar-refractivity contribution in [3.63, 3.8) is 0 Å². The Morgan fingerprint density at radius 2 is 1.77 bits per heavy atom. The van der Waals surface area contributed by atoms with Crippen LogP contribution in [0.5, 0.6) is 0 Å². The predicted octanol–water partition coefficient (Wildman–Crippen LogP) is 2.95. The summed E-state index contributed by atoms with van der Waals surface area (Å²) in [4.78, 5) is 22.7. The Kier molecular flexibility index (Phi) is 6.08. The normalized spacial score (nSPS) is 25.0. The van der Waals surface area contributed by atoms with Gasteiger partial charge in [0.25, 0.3) is 5.91 Å². The van der Waals surface area contributed by atoms with Crippen molar-refractivity contribution in [3.8, 4) is 0 Å². The third-order valence-corrected chi connectivity index (χ3v) is 4.96. The molecule has 144 valence electrons. The van der Waals surface area contributed by atoms with Crippen molar-refractivity contribution in [1.29, 1.82) is 0 Å². The quantitative estimate of drug-likeness (QED) is 0.812. The minimum atomic E-state index is -4.62. The van der Waals surface area contributed by atoms with Crippen LogP contribution in [-0.4, -0.2) is 58.5 Å². The second-order valence-electron chi connectivity index (χ2n) is 6.64. The van der Waals surface area contributed by atoms with E-state index in [-0.39, 0.29) is 30.8 Å². The van der Waals surface area contributed by atoms with Gasteiger partial charge in [0.05, 0.1) is 6.10 Å². The van der Waals surface area contributed by atoms with Gasteiger partial charge in [0, 0.05) is 31.5 Å². The molecule has 3 rings (SSSR count). The Hall–Kier alpha value is -1.74. The molecule has 6 nitrogen and oxygen atoms in total. The molecule has 0 bridgehead atoms. The maximum atomic E-state index is 13.0. The zero-order chi connectivity index (χ0) is 18.6. The zero-order valence-electron chi connectivity index (χ0n) is 14.3. The molecule has 1 aromatic rings. The van der Waals surface area contributed by atoms with Crippen LogP contribution < -0.4 is 0 Å². The molecule has 0 radical (unpaired) electrons. The molecule has 0 unspecified atom stereocenters. The zero-order valence-corrected chi connectivity index (χ0v) is 14.3. The number of hydrogen-bond donors (Lipinski definition) is 0. The number of rotatable bonds is 4. The molecule has 1 saturated heterocycles. The van der Waals surface area contributed by atoms with Crippen LogP contribution in [0.15, 0.2) is 18.6 Å². The summed E-state index contributed by atoms with van der Waals surface area (Å²) in [6.07, 6.45) is 0.336. The summed E-state index contributed by atoms with van der Waals surface area (Å²) in [5, 5.41) is 0. The molecule has 2 aliphatic rings. The summed E-state index contributed by atoms with van der Waals surface area (Å²) in [6.45, 7) is 1.15. The molecule has 0 N–H and O–H groups in total. The molecule has 9 heteroatoms. The smallest absolute Gasteiger partial charge is 0.381 e. The van der Waals surface area contributed by atoms with Gasteiger partial charge in [-0.1, -0.05) is 0 Å². The summed E-state index contributed by atoms with van der Waals surface area (Å²) in [5.74, 6) is -0.195. The average molecular weight is 373 g/mol. The lowest BCUT2D eigenvalue weighted by molar-refractivity contribution is -0.345. The molecule has 0 spiro atoms. The number of carbonyl (C=O) groups is 1. The summed E-state index contributed by atoms with van der Waals surface area (Å²) in [6, 6.07) is 1.46. The molecule has 26 heavy (non-hydrogen) atoms. The number of ether oxygens (including phenoxy) is 2. The lowest BCUT2D eigenvalue weighted by Gasteiger charge is -2.42. The van der Waals surface area contributed by atoms with E-state index in [4.69, 9.17) is 4.74 Å². The first-order valence-electron chi connectivity index (χ1n) is 8.85. The maximum Gasteiger partial charge on any atom is 0.522 e. The minimum Gasteiger partial charge on any atom is -0.381 e. The molecule has 0 atom stereocenters. The summed E-state index contributed by atoms with van der Waals surface area (Å²) < 4.78 is 46.8. The monoisotopic (exact) mass is 373 g/mol. The van der Waals surface area contributed by atoms with Crippen LogP contribution in [0.25, 0.3) is 0 Å². The van der Waals surface area contributed by atoms with Crippen molar-refractivity contribution in [2.45, 2.75) is 63.1 Å². The van der Waals surface area contributed by atoms with Gasteiger partial charge in [0.15, 0.2) is 0 Å². The largest absolute Gasteiger partial charge is 0.522 e. The number of hydrogen-bond acceptors (Lipinski definition) is 5. The number of alkyl halides is 3. The molecule has 1 aliphatic carbocycles. The van der Waals surface area contributed by atoms with E-state index in [1.54, 1.807) is 6.07 Å². The van der Waals surface area contributed by atoms with Crippen molar-refractivity contribution in [1.82, 2.24) is 14.9 Å². The Morgan fingerprint density at radius 1 is 1.12 bits per heavy atom. The van der Waals surface area contributed by atoms with Gasteiger partial charge >= 0.3 is 6.36 Å². The first kappa shape index (κ1) is 19.0. The van der Waals surface area contributed by atoms with Gasteiger partial charge in [-0.25, -0.2) is 9.97 Å². The van der Waals surface area contributed by atoms with Gasteiger partial charge in [0.2, 0.25) is 0 Å². The first-order valence-corrected chi connectivity index (χ1v) is 8.85. The highest BCUT2D eigenvalue weighted by molar-refractivity contribution is 5.92. The van der Waals surface area contributed by atoms with E-state index in [2.05, 4.69) is 14.7 Å². The molecular weight excluding hydrogens is 351 g/mol. The van der Waals surface area contributed by atoms with E-state index in [1.165, 1.54) is 12.5 Å². The number of carbonyl (C=O) groups excluding carboxylic acids is 1. The Balaban J connectivity index is 1.71. The highest BCUT2D eigenvalue weighted by Crippen LogP contribution is 2.32. The second kappa shape index (κ2) is 8.30. The van der Waals surface area contributed by atoms with E-state index in [0.717, 1.165) is 12.8 Å². The number of nitrogens with zero attached hydrogens (tertiary/aromatic N) is 3. The molecule has 1 aliphatic heterocycles. The number of halogens is 3. The van der Waals surface area contributed by atoms with Crippen LogP contribution in [0.1, 0.15) is 49.0 Å². The van der Waals surface area contributed by atoms with Crippen molar-refractivity contribution in [3.05, 3.63) is 24.3 Å². The van der Waals surface area contributed by atoms with E-state index in [0.29, 0.717) is 31.7 Å². The third-order valence-electron chi connectivity index (χ3n) is 4.96. The van der Waals surface area contributed by atoms with Crippen LogP contribution >= 0.6 is 0 Å². The number of aromatic nitrogens is 2. The topological polar surface area (TPSA) is 64.6 Å². The molecule has 1 amide bonds. The fourth-order valence-electron chi connectivity index (χ4n) is 3.77. The van der Waals surface area contributed by atoms with Crippen molar-refractivity contribution >= 4 is 5.91 Å². The van der Waals surface area contributed by atoms with Crippen molar-refractivity contribution in [2.24, 2.45) is 0 Å². The maximum absolute atomic E-state index is 13.0. The Bertz CT molecular complexity index is 586. The van der Waals surface area contributed by atoms with Crippen LogP contribution in [0, 0.1) is 0 Å². The van der Waals surface area contributed by atoms with E-state index in [1.807, 2.05) is 4.90 Å². The lowest BCUT2D eigenvalue weighted by Crippen LogP contribution is -2.51. The van der Waals surface area contributed by atoms with Crippen LogP contribution in [0.4, 0.5) is 13.2 Å². The van der Waals surface area contributed by atoms with E-state index >= 15 is 0 Å². The summed E-state index contributed by atoms with van der Waals surface area (Å²) in [7, 11) is 0. The standard InChI is InChI=1S/C17H22F3N3O3/c18-17(19,20)26-14-3-1-12(2-4-14)23(13-6-9-25-10-7-13)16(24)15-5-8-21-11-22-15/h5,8,11-14H,1-4,6-7,9-10H2. The van der Waals surface area contributed by atoms with Crippen LogP contribution in [0.2, 0.25) is 0 Å². The predicted molar refractivity (Wildman–Crippen MR) is 85.2 cm³/mol. The Labute approximate surface area is 149 Å². The molecular formula is C17H22F3N3O3. The van der Waals surface area contributed by atoms with Crippen molar-refractivity contribution < 1.29 is 27.4 Å². The number of amides is 1. The fraction of sp³-hybridized carbons (Fsp3) is 0.706. The van der Waals surface area contributed by atoms with Crippen LogP contribution in [-0.2, 0) is 9.47 Å². The third kappa shape index (κ3) is 4.91. The molecule has 1 saturated carbocycles. The fourth-order valence-corrected chi connectivity index (χ4v) is 3.77. The first-order chi connectivity index (χ1) is 12.4. The van der Waals surface area contributed by atoms with Crippen LogP contribution in [0.3, 0.4) is 0 Å². The van der Waals surface area contributed by atoms with Crippen molar-refractivity contribution in [2.75, 3.05) is 13.2 Å². The van der Waals surface area contributed by atoms with Gasteiger partial charge in [-0.2, -0.15) is 0 Å². The molecule has 0 aromatic carbocycles. The SMILES string of the molecule is O=C(c1ccncn1)N(C1CCOCC1)C1CCC(OC(F)(F)F)CC1. The Morgan fingerprint density at radius 3 is 2.35 bits per heavy atom. The van der Waals surface area contributed by atoms with Gasteiger partial charge in [0.1, 0.15) is 12.0 Å². The molecule has 2 heterocycles. The average Bonchev–Trinajstić information content (AvgIpc) is 2.64. The minimum absolute atomic E-state index is 0.0105. The van der Waals surface area contributed by atoms with Gasteiger partial charge < -0.3 is 9.64 Å². The van der Waals surface area contributed by atoms with E-state index < -0.39 is 12.5 Å². The molecule has 1 aromatic heterocycles. The van der Waals surface area contributed by atoms with Gasteiger partial charge in [-0.15, -0.1) is 13.2 Å². The van der Waals surface area contributed by atoms with E-state index in [9.17, 15) is 18.0 Å². The highest BCUT2D eigenvalue weighted by Gasteiger charge is 2.39. The summed E-state index contributed by atoms with van der Waals surface area (Å²) >= 11 is 0. The summed E-state index contributed by atoms with van der Waals surface area (Å²) in [5.41, 5.74) is 0.306. The molecule has 2 fully saturated rings.